The van der Waals surface area contributed by atoms with E-state index >= 15 is 0 Å². The lowest BCUT2D eigenvalue weighted by atomic mass is 10.2. The van der Waals surface area contributed by atoms with Gasteiger partial charge in [-0.25, -0.2) is 9.78 Å². The predicted octanol–water partition coefficient (Wildman–Crippen LogP) is 3.09. The lowest BCUT2D eigenvalue weighted by molar-refractivity contribution is 0.0696. The van der Waals surface area contributed by atoms with Crippen LogP contribution in [-0.4, -0.2) is 21.0 Å². The summed E-state index contributed by atoms with van der Waals surface area (Å²) in [6.07, 6.45) is 5.45. The van der Waals surface area contributed by atoms with Gasteiger partial charge >= 0.3 is 5.97 Å². The van der Waals surface area contributed by atoms with E-state index < -0.39 is 5.97 Å². The average Bonchev–Trinajstić information content (AvgIpc) is 3.08. The average molecular weight is 286 g/mol. The number of aromatic nitrogens is 2. The van der Waals surface area contributed by atoms with Gasteiger partial charge in [0.05, 0.1) is 10.6 Å². The molecule has 20 heavy (non-hydrogen) atoms. The Morgan fingerprint density at radius 2 is 2.35 bits per heavy atom. The van der Waals surface area contributed by atoms with Crippen LogP contribution in [0.1, 0.15) is 20.9 Å². The third-order valence-corrected chi connectivity index (χ3v) is 3.58. The molecule has 0 saturated carbocycles. The van der Waals surface area contributed by atoms with E-state index in [1.165, 1.54) is 23.7 Å². The molecule has 0 aliphatic carbocycles. The van der Waals surface area contributed by atoms with Crippen LogP contribution in [-0.2, 0) is 6.42 Å². The van der Waals surface area contributed by atoms with E-state index in [-0.39, 0.29) is 5.56 Å². The summed E-state index contributed by atoms with van der Waals surface area (Å²) in [6.45, 7) is 0. The lowest BCUT2D eigenvalue weighted by Gasteiger charge is -1.95. The molecule has 0 aliphatic rings. The largest absolute Gasteiger partial charge is 0.478 e. The predicted molar refractivity (Wildman–Crippen MR) is 73.8 cm³/mol. The molecule has 0 bridgehead atoms. The van der Waals surface area contributed by atoms with Crippen molar-refractivity contribution in [3.05, 3.63) is 58.4 Å². The number of carboxylic acids is 1. The number of rotatable bonds is 4. The van der Waals surface area contributed by atoms with E-state index in [4.69, 9.17) is 9.52 Å². The van der Waals surface area contributed by atoms with Crippen LogP contribution in [0, 0.1) is 0 Å². The first-order valence-corrected chi connectivity index (χ1v) is 6.76. The molecule has 3 aromatic heterocycles. The number of hydrogen-bond donors (Lipinski definition) is 1. The second kappa shape index (κ2) is 5.26. The highest BCUT2D eigenvalue weighted by Crippen LogP contribution is 2.25. The smallest absolute Gasteiger partial charge is 0.338 e. The minimum absolute atomic E-state index is 0.127. The summed E-state index contributed by atoms with van der Waals surface area (Å²) in [4.78, 5) is 19.3. The van der Waals surface area contributed by atoms with Crippen molar-refractivity contribution in [2.75, 3.05) is 0 Å². The maximum absolute atomic E-state index is 10.8. The van der Waals surface area contributed by atoms with Crippen LogP contribution in [0.25, 0.3) is 11.5 Å². The summed E-state index contributed by atoms with van der Waals surface area (Å²) in [5.74, 6) is -0.540. The maximum atomic E-state index is 10.8. The monoisotopic (exact) mass is 286 g/mol. The van der Waals surface area contributed by atoms with Crippen LogP contribution >= 0.6 is 11.3 Å². The highest BCUT2D eigenvalue weighted by Gasteiger charge is 2.12. The Morgan fingerprint density at radius 1 is 1.45 bits per heavy atom. The van der Waals surface area contributed by atoms with Crippen molar-refractivity contribution in [1.82, 2.24) is 9.97 Å². The van der Waals surface area contributed by atoms with Gasteiger partial charge in [-0.05, 0) is 11.6 Å². The second-order valence-corrected chi connectivity index (χ2v) is 5.11. The zero-order chi connectivity index (χ0) is 13.9. The quantitative estimate of drug-likeness (QED) is 0.797. The number of hydrogen-bond acceptors (Lipinski definition) is 5. The second-order valence-electron chi connectivity index (χ2n) is 4.17. The molecule has 0 unspecified atom stereocenters. The van der Waals surface area contributed by atoms with E-state index in [9.17, 15) is 4.79 Å². The molecule has 6 heteroatoms. The fourth-order valence-electron chi connectivity index (χ4n) is 1.77. The van der Waals surface area contributed by atoms with Gasteiger partial charge in [0, 0.05) is 30.3 Å². The molecule has 5 nitrogen and oxygen atoms in total. The zero-order valence-corrected chi connectivity index (χ0v) is 11.1. The molecule has 3 rings (SSSR count). The molecule has 0 atom stereocenters. The van der Waals surface area contributed by atoms with Crippen LogP contribution < -0.4 is 0 Å². The molecule has 1 N–H and O–H groups in total. The number of furan rings is 1. The third-order valence-electron chi connectivity index (χ3n) is 2.73. The maximum Gasteiger partial charge on any atom is 0.338 e. The molecular weight excluding hydrogens is 276 g/mol. The lowest BCUT2D eigenvalue weighted by Crippen LogP contribution is -1.91. The molecule has 3 aromatic rings. The highest BCUT2D eigenvalue weighted by molar-refractivity contribution is 7.10. The number of pyridine rings is 1. The summed E-state index contributed by atoms with van der Waals surface area (Å²) in [5, 5.41) is 11.6. The fraction of sp³-hybridized carbons (Fsp3) is 0.0714. The Labute approximate surface area is 118 Å². The molecule has 3 heterocycles. The Morgan fingerprint density at radius 3 is 3.05 bits per heavy atom. The van der Waals surface area contributed by atoms with Gasteiger partial charge < -0.3 is 9.52 Å². The summed E-state index contributed by atoms with van der Waals surface area (Å²) in [6, 6.07) is 5.35. The van der Waals surface area contributed by atoms with Crippen molar-refractivity contribution in [3.8, 4) is 11.5 Å². The first kappa shape index (κ1) is 12.6. The van der Waals surface area contributed by atoms with Gasteiger partial charge in [-0.15, -0.1) is 11.3 Å². The van der Waals surface area contributed by atoms with E-state index in [0.29, 0.717) is 17.9 Å². The van der Waals surface area contributed by atoms with Crippen LogP contribution in [0.2, 0.25) is 0 Å². The van der Waals surface area contributed by atoms with Crippen molar-refractivity contribution in [2.24, 2.45) is 0 Å². The number of thiazole rings is 1. The summed E-state index contributed by atoms with van der Waals surface area (Å²) >= 11 is 1.51. The Hall–Kier alpha value is -2.47. The molecule has 0 aliphatic heterocycles. The number of carboxylic acid groups (broad SMARTS) is 1. The van der Waals surface area contributed by atoms with Crippen molar-refractivity contribution in [1.29, 1.82) is 0 Å². The van der Waals surface area contributed by atoms with Gasteiger partial charge in [0.25, 0.3) is 0 Å². The van der Waals surface area contributed by atoms with Crippen molar-refractivity contribution in [3.63, 3.8) is 0 Å². The topological polar surface area (TPSA) is 76.2 Å². The third kappa shape index (κ3) is 2.60. The van der Waals surface area contributed by atoms with Gasteiger partial charge in [0.15, 0.2) is 5.76 Å². The Balaban J connectivity index is 1.81. The standard InChI is InChI=1S/C14H10N2O3S/c17-14(18)10-5-12(19-7-10)11-8-20-13(16-11)4-9-2-1-3-15-6-9/h1-3,5-8H,4H2,(H,17,18). The highest BCUT2D eigenvalue weighted by atomic mass is 32.1. The van der Waals surface area contributed by atoms with Crippen LogP contribution in [0.4, 0.5) is 0 Å². The molecule has 0 fully saturated rings. The summed E-state index contributed by atoms with van der Waals surface area (Å²) in [7, 11) is 0. The van der Waals surface area contributed by atoms with Crippen molar-refractivity contribution in [2.45, 2.75) is 6.42 Å². The number of nitrogens with zero attached hydrogens (tertiary/aromatic N) is 2. The van der Waals surface area contributed by atoms with Crippen LogP contribution in [0.15, 0.2) is 46.7 Å². The van der Waals surface area contributed by atoms with E-state index in [0.717, 1.165) is 10.6 Å². The normalized spacial score (nSPS) is 10.6. The number of aromatic carboxylic acids is 1. The molecule has 0 aromatic carbocycles. The first-order valence-electron chi connectivity index (χ1n) is 5.88. The van der Waals surface area contributed by atoms with Gasteiger partial charge in [0.2, 0.25) is 0 Å². The molecule has 0 saturated heterocycles. The summed E-state index contributed by atoms with van der Waals surface area (Å²) in [5.41, 5.74) is 1.86. The molecular formula is C14H10N2O3S. The van der Waals surface area contributed by atoms with Crippen molar-refractivity contribution < 1.29 is 14.3 Å². The van der Waals surface area contributed by atoms with Crippen molar-refractivity contribution >= 4 is 17.3 Å². The molecule has 0 spiro atoms. The van der Waals surface area contributed by atoms with E-state index in [1.54, 1.807) is 12.4 Å². The van der Waals surface area contributed by atoms with Gasteiger partial charge in [-0.3, -0.25) is 4.98 Å². The van der Waals surface area contributed by atoms with Gasteiger partial charge in [0.1, 0.15) is 12.0 Å². The molecule has 0 radical (unpaired) electrons. The van der Waals surface area contributed by atoms with Gasteiger partial charge in [-0.2, -0.15) is 0 Å². The molecule has 0 amide bonds. The minimum atomic E-state index is -1.01. The van der Waals surface area contributed by atoms with E-state index in [2.05, 4.69) is 9.97 Å². The number of carbonyl (C=O) groups is 1. The van der Waals surface area contributed by atoms with E-state index in [1.807, 2.05) is 17.5 Å². The first-order chi connectivity index (χ1) is 9.72. The molecule has 100 valence electrons. The minimum Gasteiger partial charge on any atom is -0.478 e. The summed E-state index contributed by atoms with van der Waals surface area (Å²) < 4.78 is 5.23. The SMILES string of the molecule is O=C(O)c1coc(-c2csc(Cc3cccnc3)n2)c1. The van der Waals surface area contributed by atoms with Crippen LogP contribution in [0.3, 0.4) is 0 Å². The fourth-order valence-corrected chi connectivity index (χ4v) is 2.58. The van der Waals surface area contributed by atoms with Gasteiger partial charge in [-0.1, -0.05) is 6.07 Å². The Kier molecular flexibility index (Phi) is 3.30. The van der Waals surface area contributed by atoms with Crippen LogP contribution in [0.5, 0.6) is 0 Å². The zero-order valence-electron chi connectivity index (χ0n) is 10.3. The Bertz CT molecular complexity index is 734.